The van der Waals surface area contributed by atoms with E-state index in [4.69, 9.17) is 14.2 Å². The summed E-state index contributed by atoms with van der Waals surface area (Å²) in [6, 6.07) is 5.37. The predicted molar refractivity (Wildman–Crippen MR) is 100 cm³/mol. The number of hydrogen-bond acceptors (Lipinski definition) is 4. The van der Waals surface area contributed by atoms with Crippen molar-refractivity contribution in [3.05, 3.63) is 23.3 Å². The Labute approximate surface area is 152 Å². The van der Waals surface area contributed by atoms with Gasteiger partial charge in [0, 0.05) is 13.0 Å². The third-order valence-electron chi connectivity index (χ3n) is 4.36. The molecule has 0 aliphatic heterocycles. The molecule has 25 heavy (non-hydrogen) atoms. The van der Waals surface area contributed by atoms with Gasteiger partial charge in [0.2, 0.25) is 0 Å². The quantitative estimate of drug-likeness (QED) is 0.370. The summed E-state index contributed by atoms with van der Waals surface area (Å²) in [7, 11) is 3.31. The lowest BCUT2D eigenvalue weighted by Gasteiger charge is -2.12. The molecule has 0 fully saturated rings. The zero-order chi connectivity index (χ0) is 18.5. The van der Waals surface area contributed by atoms with Gasteiger partial charge in [0.05, 0.1) is 20.8 Å². The molecule has 0 heterocycles. The minimum absolute atomic E-state index is 0.179. The largest absolute Gasteiger partial charge is 0.493 e. The molecule has 4 nitrogen and oxygen atoms in total. The first-order valence-corrected chi connectivity index (χ1v) is 9.35. The van der Waals surface area contributed by atoms with E-state index in [0.29, 0.717) is 12.4 Å². The number of unbranched alkanes of at least 4 members (excludes halogenated alkanes) is 7. The molecule has 1 rings (SSSR count). The number of benzene rings is 1. The highest BCUT2D eigenvalue weighted by Gasteiger charge is 2.08. The molecule has 4 heteroatoms. The first-order chi connectivity index (χ1) is 12.1. The molecular weight excluding hydrogens is 316 g/mol. The Kier molecular flexibility index (Phi) is 10.8. The van der Waals surface area contributed by atoms with Crippen molar-refractivity contribution in [2.45, 2.75) is 71.6 Å². The summed E-state index contributed by atoms with van der Waals surface area (Å²) in [5, 5.41) is 0. The van der Waals surface area contributed by atoms with Crippen LogP contribution in [0, 0.1) is 13.0 Å². The molecule has 0 N–H and O–H groups in total. The standard InChI is InChI=1S/C21H33O4/c1-17-15-20(23-3)21(24-4)16-19(17)13-11-9-7-5-6-8-10-12-14-25-18(2)22/h15H,5-14H2,1-4H3. The molecule has 141 valence electrons. The molecule has 0 spiro atoms. The minimum atomic E-state index is -0.179. The topological polar surface area (TPSA) is 44.8 Å². The molecule has 0 atom stereocenters. The highest BCUT2D eigenvalue weighted by Crippen LogP contribution is 2.30. The molecular formula is C21H33O4. The van der Waals surface area contributed by atoms with E-state index >= 15 is 0 Å². The second-order valence-corrected chi connectivity index (χ2v) is 6.45. The number of methoxy groups -OCH3 is 2. The highest BCUT2D eigenvalue weighted by molar-refractivity contribution is 5.65. The Balaban J connectivity index is 2.11. The average molecular weight is 349 g/mol. The van der Waals surface area contributed by atoms with Gasteiger partial charge in [-0.3, -0.25) is 4.79 Å². The minimum Gasteiger partial charge on any atom is -0.493 e. The summed E-state index contributed by atoms with van der Waals surface area (Å²) < 4.78 is 15.6. The van der Waals surface area contributed by atoms with Crippen LogP contribution in [-0.4, -0.2) is 26.8 Å². The maximum atomic E-state index is 10.6. The van der Waals surface area contributed by atoms with Crippen LogP contribution in [0.3, 0.4) is 0 Å². The fourth-order valence-electron chi connectivity index (χ4n) is 2.89. The van der Waals surface area contributed by atoms with E-state index in [9.17, 15) is 4.79 Å². The van der Waals surface area contributed by atoms with Crippen molar-refractivity contribution in [2.24, 2.45) is 0 Å². The van der Waals surface area contributed by atoms with Gasteiger partial charge in [-0.05, 0) is 43.4 Å². The van der Waals surface area contributed by atoms with Gasteiger partial charge in [-0.2, -0.15) is 0 Å². The van der Waals surface area contributed by atoms with Gasteiger partial charge in [0.15, 0.2) is 11.5 Å². The summed E-state index contributed by atoms with van der Waals surface area (Å²) in [5.74, 6) is 1.26. The van der Waals surface area contributed by atoms with Gasteiger partial charge in [-0.1, -0.05) is 38.5 Å². The molecule has 0 aliphatic carbocycles. The maximum absolute atomic E-state index is 10.6. The molecule has 1 radical (unpaired) electrons. The van der Waals surface area contributed by atoms with Gasteiger partial charge in [-0.25, -0.2) is 0 Å². The molecule has 0 unspecified atom stereocenters. The number of carbonyl (C=O) groups excluding carboxylic acids is 1. The summed E-state index contributed by atoms with van der Waals surface area (Å²) in [4.78, 5) is 10.6. The first kappa shape index (κ1) is 21.3. The fourth-order valence-corrected chi connectivity index (χ4v) is 2.89. The maximum Gasteiger partial charge on any atom is 0.302 e. The zero-order valence-corrected chi connectivity index (χ0v) is 16.3. The lowest BCUT2D eigenvalue weighted by molar-refractivity contribution is -0.141. The first-order valence-electron chi connectivity index (χ1n) is 9.35. The predicted octanol–water partition coefficient (Wildman–Crippen LogP) is 5.04. The zero-order valence-electron chi connectivity index (χ0n) is 16.3. The van der Waals surface area contributed by atoms with Crippen LogP contribution in [0.25, 0.3) is 0 Å². The van der Waals surface area contributed by atoms with Crippen molar-refractivity contribution in [1.82, 2.24) is 0 Å². The van der Waals surface area contributed by atoms with E-state index in [1.165, 1.54) is 56.6 Å². The van der Waals surface area contributed by atoms with Crippen molar-refractivity contribution in [3.63, 3.8) is 0 Å². The molecule has 0 aliphatic rings. The lowest BCUT2D eigenvalue weighted by atomic mass is 10.00. The smallest absolute Gasteiger partial charge is 0.302 e. The normalized spacial score (nSPS) is 10.6. The summed E-state index contributed by atoms with van der Waals surface area (Å²) in [6.07, 6.45) is 10.6. The van der Waals surface area contributed by atoms with E-state index in [0.717, 1.165) is 25.0 Å². The molecule has 1 aromatic rings. The van der Waals surface area contributed by atoms with Crippen LogP contribution in [0.5, 0.6) is 11.5 Å². The molecule has 0 bridgehead atoms. The lowest BCUT2D eigenvalue weighted by Crippen LogP contribution is -2.00. The number of rotatable bonds is 13. The third-order valence-corrected chi connectivity index (χ3v) is 4.36. The summed E-state index contributed by atoms with van der Waals surface area (Å²) in [5.41, 5.74) is 2.44. The van der Waals surface area contributed by atoms with E-state index in [1.807, 2.05) is 6.07 Å². The number of aryl methyl sites for hydroxylation is 2. The second kappa shape index (κ2) is 12.6. The van der Waals surface area contributed by atoms with Crippen molar-refractivity contribution in [2.75, 3.05) is 20.8 Å². The fraction of sp³-hybridized carbons (Fsp3) is 0.667. The van der Waals surface area contributed by atoms with E-state index in [1.54, 1.807) is 14.2 Å². The van der Waals surface area contributed by atoms with Crippen LogP contribution in [-0.2, 0) is 16.0 Å². The summed E-state index contributed by atoms with van der Waals surface area (Å²) >= 11 is 0. The molecule has 0 aromatic heterocycles. The van der Waals surface area contributed by atoms with Crippen molar-refractivity contribution in [1.29, 1.82) is 0 Å². The molecule has 0 saturated carbocycles. The van der Waals surface area contributed by atoms with Gasteiger partial charge >= 0.3 is 5.97 Å². The third kappa shape index (κ3) is 8.80. The van der Waals surface area contributed by atoms with E-state index < -0.39 is 0 Å². The van der Waals surface area contributed by atoms with Gasteiger partial charge in [0.1, 0.15) is 0 Å². The Morgan fingerprint density at radius 3 is 2.12 bits per heavy atom. The second-order valence-electron chi connectivity index (χ2n) is 6.45. The van der Waals surface area contributed by atoms with Gasteiger partial charge < -0.3 is 14.2 Å². The van der Waals surface area contributed by atoms with Crippen LogP contribution in [0.2, 0.25) is 0 Å². The number of ether oxygens (including phenoxy) is 3. The van der Waals surface area contributed by atoms with Gasteiger partial charge in [0.25, 0.3) is 0 Å². The number of esters is 1. The Morgan fingerprint density at radius 1 is 0.960 bits per heavy atom. The molecule has 0 amide bonds. The van der Waals surface area contributed by atoms with Gasteiger partial charge in [-0.15, -0.1) is 0 Å². The SMILES string of the molecule is COc1[c]c(CCCCCCCCCCOC(C)=O)c(C)cc1OC. The average Bonchev–Trinajstić information content (AvgIpc) is 2.60. The van der Waals surface area contributed by atoms with Crippen LogP contribution >= 0.6 is 0 Å². The Morgan fingerprint density at radius 2 is 1.56 bits per heavy atom. The highest BCUT2D eigenvalue weighted by atomic mass is 16.5. The van der Waals surface area contributed by atoms with Crippen LogP contribution in [0.1, 0.15) is 69.4 Å². The Bertz CT molecular complexity index is 511. The summed E-state index contributed by atoms with van der Waals surface area (Å²) in [6.45, 7) is 4.13. The number of hydrogen-bond donors (Lipinski definition) is 0. The number of carbonyl (C=O) groups is 1. The Hall–Kier alpha value is -1.71. The monoisotopic (exact) mass is 349 g/mol. The van der Waals surface area contributed by atoms with Crippen LogP contribution in [0.4, 0.5) is 0 Å². The molecule has 0 saturated heterocycles. The van der Waals surface area contributed by atoms with Crippen molar-refractivity contribution < 1.29 is 19.0 Å². The molecule has 1 aromatic carbocycles. The van der Waals surface area contributed by atoms with E-state index in [-0.39, 0.29) is 5.97 Å². The van der Waals surface area contributed by atoms with E-state index in [2.05, 4.69) is 13.0 Å². The van der Waals surface area contributed by atoms with Crippen molar-refractivity contribution >= 4 is 5.97 Å². The van der Waals surface area contributed by atoms with Crippen LogP contribution in [0.15, 0.2) is 6.07 Å². The van der Waals surface area contributed by atoms with Crippen LogP contribution < -0.4 is 9.47 Å². The van der Waals surface area contributed by atoms with Crippen molar-refractivity contribution in [3.8, 4) is 11.5 Å².